The number of nitrogens with one attached hydrogen (secondary N) is 1. The molecule has 1 atom stereocenters. The lowest BCUT2D eigenvalue weighted by molar-refractivity contribution is -0.121. The van der Waals surface area contributed by atoms with E-state index in [4.69, 9.17) is 0 Å². The number of carbonyl (C=O) groups excluding carboxylic acids is 1. The van der Waals surface area contributed by atoms with Crippen LogP contribution in [-0.4, -0.2) is 25.0 Å². The van der Waals surface area contributed by atoms with Crippen molar-refractivity contribution in [2.24, 2.45) is 0 Å². The van der Waals surface area contributed by atoms with Crippen LogP contribution in [0.15, 0.2) is 12.1 Å². The number of piperidine rings is 1. The van der Waals surface area contributed by atoms with Gasteiger partial charge in [-0.1, -0.05) is 24.6 Å². The first-order chi connectivity index (χ1) is 9.04. The molecule has 19 heavy (non-hydrogen) atoms. The molecule has 1 N–H and O–H groups in total. The first kappa shape index (κ1) is 14.1. The van der Waals surface area contributed by atoms with E-state index in [1.807, 2.05) is 4.90 Å². The van der Waals surface area contributed by atoms with Crippen LogP contribution in [0.1, 0.15) is 36.5 Å². The minimum atomic E-state index is -0.0150. The van der Waals surface area contributed by atoms with Gasteiger partial charge in [0, 0.05) is 12.2 Å². The third kappa shape index (κ3) is 2.81. The maximum atomic E-state index is 12.6. The summed E-state index contributed by atoms with van der Waals surface area (Å²) in [7, 11) is 0. The number of anilines is 1. The van der Waals surface area contributed by atoms with Crippen molar-refractivity contribution in [2.75, 3.05) is 18.0 Å². The maximum absolute atomic E-state index is 12.6. The summed E-state index contributed by atoms with van der Waals surface area (Å²) in [6, 6.07) is 4.30. The number of carbonyl (C=O) groups is 1. The van der Waals surface area contributed by atoms with Crippen molar-refractivity contribution in [1.82, 2.24) is 5.32 Å². The smallest absolute Gasteiger partial charge is 0.244 e. The van der Waals surface area contributed by atoms with Crippen LogP contribution in [0.2, 0.25) is 0 Å². The largest absolute Gasteiger partial charge is 0.311 e. The molecule has 0 aliphatic carbocycles. The fraction of sp³-hybridized carbons (Fsp3) is 0.562. The minimum Gasteiger partial charge on any atom is -0.311 e. The van der Waals surface area contributed by atoms with Gasteiger partial charge in [0.25, 0.3) is 0 Å². The number of hydrogen-bond donors (Lipinski definition) is 1. The van der Waals surface area contributed by atoms with Crippen molar-refractivity contribution in [3.8, 4) is 0 Å². The van der Waals surface area contributed by atoms with Crippen molar-refractivity contribution >= 4 is 11.6 Å². The number of amides is 1. The predicted molar refractivity (Wildman–Crippen MR) is 79.7 cm³/mol. The Morgan fingerprint density at radius 1 is 1.26 bits per heavy atom. The zero-order chi connectivity index (χ0) is 14.0. The molecule has 1 amide bonds. The van der Waals surface area contributed by atoms with Gasteiger partial charge in [0.2, 0.25) is 5.91 Å². The summed E-state index contributed by atoms with van der Waals surface area (Å²) < 4.78 is 0. The summed E-state index contributed by atoms with van der Waals surface area (Å²) in [5.74, 6) is 0.225. The molecular formula is C16H24N2O. The third-order valence-corrected chi connectivity index (χ3v) is 3.79. The quantitative estimate of drug-likeness (QED) is 0.906. The van der Waals surface area contributed by atoms with E-state index in [2.05, 4.69) is 45.1 Å². The fourth-order valence-electron chi connectivity index (χ4n) is 3.13. The molecule has 0 bridgehead atoms. The molecule has 3 heteroatoms. The van der Waals surface area contributed by atoms with Crippen molar-refractivity contribution in [1.29, 1.82) is 0 Å². The van der Waals surface area contributed by atoms with Crippen LogP contribution in [0.5, 0.6) is 0 Å². The summed E-state index contributed by atoms with van der Waals surface area (Å²) >= 11 is 0. The van der Waals surface area contributed by atoms with Crippen LogP contribution >= 0.6 is 0 Å². The molecule has 0 saturated carbocycles. The van der Waals surface area contributed by atoms with Crippen LogP contribution in [-0.2, 0) is 4.79 Å². The molecule has 0 radical (unpaired) electrons. The van der Waals surface area contributed by atoms with E-state index in [-0.39, 0.29) is 11.9 Å². The van der Waals surface area contributed by atoms with Crippen LogP contribution in [0.4, 0.5) is 5.69 Å². The number of aryl methyl sites for hydroxylation is 3. The fourth-order valence-corrected chi connectivity index (χ4v) is 3.13. The summed E-state index contributed by atoms with van der Waals surface area (Å²) in [6.07, 6.45) is 2.02. The molecule has 1 unspecified atom stereocenters. The van der Waals surface area contributed by atoms with Crippen LogP contribution in [0.3, 0.4) is 0 Å². The van der Waals surface area contributed by atoms with E-state index in [0.717, 1.165) is 31.6 Å². The number of hydrogen-bond acceptors (Lipinski definition) is 2. The maximum Gasteiger partial charge on any atom is 0.244 e. The number of rotatable bonds is 3. The molecule has 2 rings (SSSR count). The van der Waals surface area contributed by atoms with E-state index < -0.39 is 0 Å². The van der Waals surface area contributed by atoms with Gasteiger partial charge in [0.15, 0.2) is 0 Å². The summed E-state index contributed by atoms with van der Waals surface area (Å²) in [6.45, 7) is 10.0. The molecule has 1 aromatic rings. The zero-order valence-electron chi connectivity index (χ0n) is 12.4. The van der Waals surface area contributed by atoms with Gasteiger partial charge in [-0.2, -0.15) is 0 Å². The lowest BCUT2D eigenvalue weighted by Crippen LogP contribution is -2.51. The molecule has 0 spiro atoms. The van der Waals surface area contributed by atoms with Gasteiger partial charge in [0.1, 0.15) is 0 Å². The van der Waals surface area contributed by atoms with E-state index >= 15 is 0 Å². The highest BCUT2D eigenvalue weighted by Gasteiger charge is 2.30. The Morgan fingerprint density at radius 2 is 1.89 bits per heavy atom. The predicted octanol–water partition coefficient (Wildman–Crippen LogP) is 2.72. The van der Waals surface area contributed by atoms with Gasteiger partial charge < -0.3 is 10.2 Å². The molecule has 1 aliphatic heterocycles. The lowest BCUT2D eigenvalue weighted by atomic mass is 9.99. The van der Waals surface area contributed by atoms with E-state index in [1.165, 1.54) is 16.7 Å². The standard InChI is InChI=1S/C16H24N2O/c1-5-17-14-7-6-8-18(16(14)19)15-12(3)9-11(2)10-13(15)4/h9-10,14,17H,5-8H2,1-4H3. The molecular weight excluding hydrogens is 236 g/mol. The highest BCUT2D eigenvalue weighted by Crippen LogP contribution is 2.29. The third-order valence-electron chi connectivity index (χ3n) is 3.79. The zero-order valence-corrected chi connectivity index (χ0v) is 12.4. The van der Waals surface area contributed by atoms with Crippen LogP contribution in [0, 0.1) is 20.8 Å². The van der Waals surface area contributed by atoms with E-state index in [1.54, 1.807) is 0 Å². The molecule has 104 valence electrons. The Balaban J connectivity index is 2.33. The SMILES string of the molecule is CCNC1CCCN(c2c(C)cc(C)cc2C)C1=O. The molecule has 1 fully saturated rings. The second-order valence-corrected chi connectivity index (χ2v) is 5.49. The Kier molecular flexibility index (Phi) is 4.25. The molecule has 1 heterocycles. The molecule has 1 aliphatic rings. The monoisotopic (exact) mass is 260 g/mol. The Labute approximate surface area is 116 Å². The average Bonchev–Trinajstić information content (AvgIpc) is 2.32. The van der Waals surface area contributed by atoms with Gasteiger partial charge in [0.05, 0.1) is 6.04 Å². The van der Waals surface area contributed by atoms with Gasteiger partial charge in [-0.05, 0) is 51.3 Å². The summed E-state index contributed by atoms with van der Waals surface area (Å²) in [5.41, 5.74) is 4.76. The number of nitrogens with zero attached hydrogens (tertiary/aromatic N) is 1. The topological polar surface area (TPSA) is 32.3 Å². The van der Waals surface area contributed by atoms with Gasteiger partial charge in [-0.25, -0.2) is 0 Å². The highest BCUT2D eigenvalue weighted by molar-refractivity contribution is 5.99. The second-order valence-electron chi connectivity index (χ2n) is 5.49. The van der Waals surface area contributed by atoms with E-state index in [0.29, 0.717) is 0 Å². The van der Waals surface area contributed by atoms with Gasteiger partial charge >= 0.3 is 0 Å². The van der Waals surface area contributed by atoms with Crippen molar-refractivity contribution in [2.45, 2.75) is 46.6 Å². The summed E-state index contributed by atoms with van der Waals surface area (Å²) in [5, 5.41) is 3.29. The van der Waals surface area contributed by atoms with Gasteiger partial charge in [-0.3, -0.25) is 4.79 Å². The Bertz CT molecular complexity index is 457. The lowest BCUT2D eigenvalue weighted by Gasteiger charge is -2.34. The number of benzene rings is 1. The molecule has 1 aromatic carbocycles. The Morgan fingerprint density at radius 3 is 2.47 bits per heavy atom. The minimum absolute atomic E-state index is 0.0150. The molecule has 1 saturated heterocycles. The normalized spacial score (nSPS) is 19.9. The first-order valence-corrected chi connectivity index (χ1v) is 7.17. The van der Waals surface area contributed by atoms with Gasteiger partial charge in [-0.15, -0.1) is 0 Å². The van der Waals surface area contributed by atoms with Crippen molar-refractivity contribution in [3.05, 3.63) is 28.8 Å². The number of likely N-dealkylation sites (N-methyl/N-ethyl adjacent to an activating group) is 1. The van der Waals surface area contributed by atoms with Crippen molar-refractivity contribution < 1.29 is 4.79 Å². The van der Waals surface area contributed by atoms with Crippen molar-refractivity contribution in [3.63, 3.8) is 0 Å². The second kappa shape index (κ2) is 5.74. The summed E-state index contributed by atoms with van der Waals surface area (Å²) in [4.78, 5) is 14.5. The van der Waals surface area contributed by atoms with E-state index in [9.17, 15) is 4.79 Å². The molecule has 3 nitrogen and oxygen atoms in total. The average molecular weight is 260 g/mol. The molecule has 0 aromatic heterocycles. The van der Waals surface area contributed by atoms with Crippen LogP contribution in [0.25, 0.3) is 0 Å². The first-order valence-electron chi connectivity index (χ1n) is 7.17. The Hall–Kier alpha value is -1.35. The van der Waals surface area contributed by atoms with Crippen LogP contribution < -0.4 is 10.2 Å². The highest BCUT2D eigenvalue weighted by atomic mass is 16.2.